The molecule has 86 valence electrons. The molecule has 0 aliphatic rings. The van der Waals surface area contributed by atoms with E-state index in [1.54, 1.807) is 36.7 Å². The molecule has 0 aliphatic heterocycles. The van der Waals surface area contributed by atoms with Crippen molar-refractivity contribution < 1.29 is 4.79 Å². The van der Waals surface area contributed by atoms with Crippen molar-refractivity contribution in [3.63, 3.8) is 0 Å². The summed E-state index contributed by atoms with van der Waals surface area (Å²) in [7, 11) is 0. The van der Waals surface area contributed by atoms with Crippen molar-refractivity contribution in [2.45, 2.75) is 6.92 Å². The van der Waals surface area contributed by atoms with Gasteiger partial charge in [0.15, 0.2) is 0 Å². The van der Waals surface area contributed by atoms with Crippen molar-refractivity contribution >= 4 is 23.1 Å². The molecule has 0 fully saturated rings. The van der Waals surface area contributed by atoms with Crippen LogP contribution in [0.4, 0.5) is 0 Å². The van der Waals surface area contributed by atoms with E-state index in [-0.39, 0.29) is 5.91 Å². The third kappa shape index (κ3) is 2.82. The van der Waals surface area contributed by atoms with Gasteiger partial charge >= 0.3 is 0 Å². The molecule has 0 saturated heterocycles. The number of carbonyl (C=O) groups is 1. The summed E-state index contributed by atoms with van der Waals surface area (Å²) in [6.45, 7) is 1.88. The first-order valence-electron chi connectivity index (χ1n) is 5.15. The van der Waals surface area contributed by atoms with Crippen LogP contribution in [0.3, 0.4) is 0 Å². The second-order valence-corrected chi connectivity index (χ2v) is 4.06. The third-order valence-corrected chi connectivity index (χ3v) is 2.62. The lowest BCUT2D eigenvalue weighted by Crippen LogP contribution is -2.07. The fraction of sp³-hybridized carbons (Fsp3) is 0.0769. The number of hydrogen-bond donors (Lipinski definition) is 0. The van der Waals surface area contributed by atoms with E-state index in [2.05, 4.69) is 5.10 Å². The quantitative estimate of drug-likeness (QED) is 0.763. The first-order valence-corrected chi connectivity index (χ1v) is 5.53. The van der Waals surface area contributed by atoms with Gasteiger partial charge in [0.25, 0.3) is 5.91 Å². The number of aromatic nitrogens is 2. The van der Waals surface area contributed by atoms with E-state index >= 15 is 0 Å². The SMILES string of the molecule is C/C(=C\C(=O)n1cccn1)c1ccc(Cl)cc1. The molecule has 4 heteroatoms. The van der Waals surface area contributed by atoms with Crippen LogP contribution in [0.1, 0.15) is 17.3 Å². The number of allylic oxidation sites excluding steroid dienone is 2. The summed E-state index contributed by atoms with van der Waals surface area (Å²) in [6.07, 6.45) is 4.74. The van der Waals surface area contributed by atoms with Gasteiger partial charge in [0.2, 0.25) is 0 Å². The number of hydrogen-bond acceptors (Lipinski definition) is 2. The zero-order valence-electron chi connectivity index (χ0n) is 9.30. The maximum atomic E-state index is 11.8. The van der Waals surface area contributed by atoms with Crippen molar-refractivity contribution in [3.05, 3.63) is 59.4 Å². The number of rotatable bonds is 2. The summed E-state index contributed by atoms with van der Waals surface area (Å²) >= 11 is 5.80. The molecule has 0 amide bonds. The maximum absolute atomic E-state index is 11.8. The van der Waals surface area contributed by atoms with Crippen LogP contribution in [0.15, 0.2) is 48.8 Å². The standard InChI is InChI=1S/C13H11ClN2O/c1-10(11-3-5-12(14)6-4-11)9-13(17)16-8-2-7-15-16/h2-9H,1H3/b10-9+. The summed E-state index contributed by atoms with van der Waals surface area (Å²) in [4.78, 5) is 11.8. The van der Waals surface area contributed by atoms with Gasteiger partial charge in [0.05, 0.1) is 0 Å². The van der Waals surface area contributed by atoms with Crippen LogP contribution in [0.5, 0.6) is 0 Å². The molecule has 3 nitrogen and oxygen atoms in total. The number of nitrogens with zero attached hydrogens (tertiary/aromatic N) is 2. The molecular weight excluding hydrogens is 236 g/mol. The van der Waals surface area contributed by atoms with E-state index in [9.17, 15) is 4.79 Å². The Kier molecular flexibility index (Phi) is 3.40. The molecule has 1 aromatic heterocycles. The maximum Gasteiger partial charge on any atom is 0.271 e. The minimum atomic E-state index is -0.164. The second-order valence-electron chi connectivity index (χ2n) is 3.62. The molecule has 1 heterocycles. The second kappa shape index (κ2) is 4.97. The molecule has 0 radical (unpaired) electrons. The topological polar surface area (TPSA) is 34.9 Å². The Morgan fingerprint density at radius 2 is 2.06 bits per heavy atom. The highest BCUT2D eigenvalue weighted by Crippen LogP contribution is 2.16. The molecule has 0 N–H and O–H groups in total. The zero-order valence-corrected chi connectivity index (χ0v) is 10.1. The molecule has 0 saturated carbocycles. The smallest absolute Gasteiger partial charge is 0.267 e. The van der Waals surface area contributed by atoms with E-state index < -0.39 is 0 Å². The van der Waals surface area contributed by atoms with Crippen molar-refractivity contribution in [1.82, 2.24) is 9.78 Å². The molecule has 17 heavy (non-hydrogen) atoms. The molecule has 0 aliphatic carbocycles. The van der Waals surface area contributed by atoms with E-state index in [0.717, 1.165) is 11.1 Å². The minimum absolute atomic E-state index is 0.164. The first-order chi connectivity index (χ1) is 8.16. The molecule has 2 aromatic rings. The summed E-state index contributed by atoms with van der Waals surface area (Å²) in [5, 5.41) is 4.56. The van der Waals surface area contributed by atoms with Crippen LogP contribution in [-0.2, 0) is 0 Å². The summed E-state index contributed by atoms with van der Waals surface area (Å²) in [6, 6.07) is 9.07. The lowest BCUT2D eigenvalue weighted by Gasteiger charge is -2.01. The van der Waals surface area contributed by atoms with Gasteiger partial charge in [-0.1, -0.05) is 23.7 Å². The van der Waals surface area contributed by atoms with Crippen LogP contribution in [-0.4, -0.2) is 15.7 Å². The molecule has 2 rings (SSSR count). The largest absolute Gasteiger partial charge is 0.271 e. The summed E-state index contributed by atoms with van der Waals surface area (Å²) < 4.78 is 1.29. The van der Waals surface area contributed by atoms with Gasteiger partial charge in [-0.05, 0) is 36.3 Å². The molecule has 0 spiro atoms. The van der Waals surface area contributed by atoms with E-state index in [0.29, 0.717) is 5.02 Å². The Labute approximate surface area is 104 Å². The Morgan fingerprint density at radius 3 is 2.65 bits per heavy atom. The number of benzene rings is 1. The van der Waals surface area contributed by atoms with Crippen molar-refractivity contribution in [2.75, 3.05) is 0 Å². The van der Waals surface area contributed by atoms with Crippen LogP contribution in [0.25, 0.3) is 5.57 Å². The zero-order chi connectivity index (χ0) is 12.3. The van der Waals surface area contributed by atoms with Crippen LogP contribution in [0, 0.1) is 0 Å². The lowest BCUT2D eigenvalue weighted by atomic mass is 10.1. The summed E-state index contributed by atoms with van der Waals surface area (Å²) in [5.41, 5.74) is 1.84. The predicted molar refractivity (Wildman–Crippen MR) is 68.0 cm³/mol. The number of carbonyl (C=O) groups excluding carboxylic acids is 1. The highest BCUT2D eigenvalue weighted by molar-refractivity contribution is 6.30. The van der Waals surface area contributed by atoms with Gasteiger partial charge in [0.1, 0.15) is 0 Å². The molecule has 0 bridgehead atoms. The van der Waals surface area contributed by atoms with Gasteiger partial charge < -0.3 is 0 Å². The Bertz CT molecular complexity index is 541. The van der Waals surface area contributed by atoms with Gasteiger partial charge in [0, 0.05) is 23.5 Å². The Balaban J connectivity index is 2.22. The molecule has 1 aromatic carbocycles. The van der Waals surface area contributed by atoms with E-state index in [4.69, 9.17) is 11.6 Å². The van der Waals surface area contributed by atoms with Crippen LogP contribution < -0.4 is 0 Å². The van der Waals surface area contributed by atoms with Crippen molar-refractivity contribution in [3.8, 4) is 0 Å². The van der Waals surface area contributed by atoms with E-state index in [1.807, 2.05) is 19.1 Å². The minimum Gasteiger partial charge on any atom is -0.267 e. The normalized spacial score (nSPS) is 11.5. The van der Waals surface area contributed by atoms with Gasteiger partial charge in [-0.3, -0.25) is 4.79 Å². The van der Waals surface area contributed by atoms with Gasteiger partial charge in [-0.15, -0.1) is 0 Å². The van der Waals surface area contributed by atoms with E-state index in [1.165, 1.54) is 4.68 Å². The number of halogens is 1. The van der Waals surface area contributed by atoms with Crippen LogP contribution in [0.2, 0.25) is 5.02 Å². The molecular formula is C13H11ClN2O. The summed E-state index contributed by atoms with van der Waals surface area (Å²) in [5.74, 6) is -0.164. The average Bonchev–Trinajstić information content (AvgIpc) is 2.83. The monoisotopic (exact) mass is 246 g/mol. The van der Waals surface area contributed by atoms with Gasteiger partial charge in [-0.2, -0.15) is 5.10 Å². The first kappa shape index (κ1) is 11.6. The molecule has 0 unspecified atom stereocenters. The van der Waals surface area contributed by atoms with Gasteiger partial charge in [-0.25, -0.2) is 4.68 Å². The van der Waals surface area contributed by atoms with Crippen LogP contribution >= 0.6 is 11.6 Å². The van der Waals surface area contributed by atoms with Crippen molar-refractivity contribution in [2.24, 2.45) is 0 Å². The predicted octanol–water partition coefficient (Wildman–Crippen LogP) is 3.28. The Morgan fingerprint density at radius 1 is 1.35 bits per heavy atom. The molecule has 0 atom stereocenters. The highest BCUT2D eigenvalue weighted by atomic mass is 35.5. The third-order valence-electron chi connectivity index (χ3n) is 2.37. The van der Waals surface area contributed by atoms with Crippen molar-refractivity contribution in [1.29, 1.82) is 0 Å². The highest BCUT2D eigenvalue weighted by Gasteiger charge is 2.02. The fourth-order valence-corrected chi connectivity index (χ4v) is 1.57. The lowest BCUT2D eigenvalue weighted by molar-refractivity contribution is 0.0955. The Hall–Kier alpha value is -1.87. The average molecular weight is 247 g/mol. The fourth-order valence-electron chi connectivity index (χ4n) is 1.45.